The van der Waals surface area contributed by atoms with Crippen molar-refractivity contribution >= 4 is 11.7 Å². The first-order valence-corrected chi connectivity index (χ1v) is 8.37. The Balaban J connectivity index is 2.65. The summed E-state index contributed by atoms with van der Waals surface area (Å²) in [6.45, 7) is 3.94. The highest BCUT2D eigenvalue weighted by atomic mass is 16.5. The lowest BCUT2D eigenvalue weighted by Crippen LogP contribution is -2.34. The third kappa shape index (κ3) is 3.39. The first-order valence-electron chi connectivity index (χ1n) is 8.37. The maximum atomic E-state index is 12.8. The maximum Gasteiger partial charge on any atom is 0.290 e. The van der Waals surface area contributed by atoms with Crippen LogP contribution in [0.5, 0.6) is 11.5 Å². The van der Waals surface area contributed by atoms with Gasteiger partial charge in [0.1, 0.15) is 0 Å². The standard InChI is InChI=1S/C19H25NO6/c1-11(2)16(21)14-15(20(9-10-24-3)19(23)17(14)22)12-7-6-8-13(25-4)18(12)26-5/h6-8,11,15,22H,9-10H2,1-5H3. The molecular weight excluding hydrogens is 338 g/mol. The van der Waals surface area contributed by atoms with E-state index in [0.717, 1.165) is 0 Å². The lowest BCUT2D eigenvalue weighted by molar-refractivity contribution is -0.130. The Labute approximate surface area is 153 Å². The summed E-state index contributed by atoms with van der Waals surface area (Å²) in [7, 11) is 4.53. The summed E-state index contributed by atoms with van der Waals surface area (Å²) in [6.07, 6.45) is 0. The van der Waals surface area contributed by atoms with Gasteiger partial charge in [-0.3, -0.25) is 9.59 Å². The Morgan fingerprint density at radius 3 is 2.46 bits per heavy atom. The van der Waals surface area contributed by atoms with Crippen molar-refractivity contribution in [3.8, 4) is 11.5 Å². The molecule has 0 aromatic heterocycles. The van der Waals surface area contributed by atoms with Gasteiger partial charge in [-0.25, -0.2) is 0 Å². The van der Waals surface area contributed by atoms with E-state index < -0.39 is 17.7 Å². The third-order valence-corrected chi connectivity index (χ3v) is 4.36. The lowest BCUT2D eigenvalue weighted by Gasteiger charge is -2.28. The molecule has 1 amide bonds. The number of hydrogen-bond donors (Lipinski definition) is 1. The highest BCUT2D eigenvalue weighted by Gasteiger charge is 2.45. The Bertz CT molecular complexity index is 725. The number of para-hydroxylation sites is 1. The minimum atomic E-state index is -0.766. The number of ether oxygens (including phenoxy) is 3. The van der Waals surface area contributed by atoms with E-state index in [4.69, 9.17) is 14.2 Å². The summed E-state index contributed by atoms with van der Waals surface area (Å²) < 4.78 is 15.9. The molecule has 1 aromatic rings. The van der Waals surface area contributed by atoms with E-state index >= 15 is 0 Å². The molecule has 0 fully saturated rings. The van der Waals surface area contributed by atoms with Gasteiger partial charge in [-0.05, 0) is 6.07 Å². The Morgan fingerprint density at radius 2 is 1.92 bits per heavy atom. The molecule has 7 nitrogen and oxygen atoms in total. The van der Waals surface area contributed by atoms with Crippen molar-refractivity contribution in [2.24, 2.45) is 5.92 Å². The summed E-state index contributed by atoms with van der Waals surface area (Å²) in [5.41, 5.74) is 0.650. The quantitative estimate of drug-likeness (QED) is 0.763. The second-order valence-electron chi connectivity index (χ2n) is 6.26. The number of carbonyl (C=O) groups excluding carboxylic acids is 2. The smallest absolute Gasteiger partial charge is 0.290 e. The van der Waals surface area contributed by atoms with Crippen LogP contribution >= 0.6 is 0 Å². The third-order valence-electron chi connectivity index (χ3n) is 4.36. The molecule has 1 aromatic carbocycles. The summed E-state index contributed by atoms with van der Waals surface area (Å²) >= 11 is 0. The van der Waals surface area contributed by atoms with Crippen LogP contribution in [0.25, 0.3) is 0 Å². The number of aliphatic hydroxyl groups is 1. The number of amides is 1. The number of hydrogen-bond acceptors (Lipinski definition) is 6. The fourth-order valence-corrected chi connectivity index (χ4v) is 3.09. The predicted octanol–water partition coefficient (Wildman–Crippen LogP) is 2.27. The van der Waals surface area contributed by atoms with Crippen molar-refractivity contribution < 1.29 is 28.9 Å². The van der Waals surface area contributed by atoms with Crippen LogP contribution in [0.2, 0.25) is 0 Å². The topological polar surface area (TPSA) is 85.3 Å². The van der Waals surface area contributed by atoms with E-state index in [9.17, 15) is 14.7 Å². The van der Waals surface area contributed by atoms with Crippen LogP contribution in [-0.2, 0) is 14.3 Å². The molecule has 0 saturated carbocycles. The van der Waals surface area contributed by atoms with Crippen molar-refractivity contribution in [1.82, 2.24) is 4.90 Å². The largest absolute Gasteiger partial charge is 0.503 e. The number of ketones is 1. The highest BCUT2D eigenvalue weighted by Crippen LogP contribution is 2.44. The summed E-state index contributed by atoms with van der Waals surface area (Å²) in [4.78, 5) is 26.8. The molecule has 1 atom stereocenters. The number of aliphatic hydroxyl groups excluding tert-OH is 1. The first-order chi connectivity index (χ1) is 12.4. The van der Waals surface area contributed by atoms with E-state index in [2.05, 4.69) is 0 Å². The number of benzene rings is 1. The van der Waals surface area contributed by atoms with Gasteiger partial charge in [0.15, 0.2) is 23.0 Å². The summed E-state index contributed by atoms with van der Waals surface area (Å²) in [5, 5.41) is 10.4. The molecule has 7 heteroatoms. The van der Waals surface area contributed by atoms with Crippen molar-refractivity contribution in [3.05, 3.63) is 35.1 Å². The first kappa shape index (κ1) is 19.8. The Kier molecular flexibility index (Phi) is 6.26. The lowest BCUT2D eigenvalue weighted by atomic mass is 9.90. The van der Waals surface area contributed by atoms with Gasteiger partial charge in [-0.2, -0.15) is 0 Å². The van der Waals surface area contributed by atoms with E-state index in [1.54, 1.807) is 32.0 Å². The van der Waals surface area contributed by atoms with Gasteiger partial charge in [0, 0.05) is 25.1 Å². The fourth-order valence-electron chi connectivity index (χ4n) is 3.09. The van der Waals surface area contributed by atoms with Crippen molar-refractivity contribution in [1.29, 1.82) is 0 Å². The molecule has 0 bridgehead atoms. The number of nitrogens with zero attached hydrogens (tertiary/aromatic N) is 1. The molecule has 2 rings (SSSR count). The van der Waals surface area contributed by atoms with Gasteiger partial charge >= 0.3 is 0 Å². The normalized spacial score (nSPS) is 17.2. The summed E-state index contributed by atoms with van der Waals surface area (Å²) in [6, 6.07) is 4.47. The van der Waals surface area contributed by atoms with E-state index in [-0.39, 0.29) is 30.4 Å². The SMILES string of the molecule is COCCN1C(=O)C(O)=C(C(=O)C(C)C)C1c1cccc(OC)c1OC. The minimum Gasteiger partial charge on any atom is -0.503 e. The molecule has 142 valence electrons. The molecule has 0 saturated heterocycles. The van der Waals surface area contributed by atoms with E-state index in [1.165, 1.54) is 26.2 Å². The molecule has 1 heterocycles. The van der Waals surface area contributed by atoms with E-state index in [0.29, 0.717) is 17.1 Å². The van der Waals surface area contributed by atoms with Crippen molar-refractivity contribution in [3.63, 3.8) is 0 Å². The molecule has 1 unspecified atom stereocenters. The molecule has 1 N–H and O–H groups in total. The Hall–Kier alpha value is -2.54. The van der Waals surface area contributed by atoms with Gasteiger partial charge < -0.3 is 24.2 Å². The van der Waals surface area contributed by atoms with Gasteiger partial charge in [-0.1, -0.05) is 26.0 Å². The molecular formula is C19H25NO6. The second kappa shape index (κ2) is 8.23. The fraction of sp³-hybridized carbons (Fsp3) is 0.474. The molecule has 0 spiro atoms. The molecule has 0 aliphatic carbocycles. The van der Waals surface area contributed by atoms with Gasteiger partial charge in [0.25, 0.3) is 5.91 Å². The van der Waals surface area contributed by atoms with Crippen LogP contribution in [-0.4, -0.2) is 56.2 Å². The number of carbonyl (C=O) groups is 2. The number of rotatable bonds is 8. The van der Waals surface area contributed by atoms with Gasteiger partial charge in [0.05, 0.1) is 32.4 Å². The maximum absolute atomic E-state index is 12.8. The highest BCUT2D eigenvalue weighted by molar-refractivity contribution is 6.09. The van der Waals surface area contributed by atoms with Gasteiger partial charge in [-0.15, -0.1) is 0 Å². The van der Waals surface area contributed by atoms with Crippen LogP contribution in [0.15, 0.2) is 29.5 Å². The Morgan fingerprint density at radius 1 is 1.23 bits per heavy atom. The summed E-state index contributed by atoms with van der Waals surface area (Å²) in [5.74, 6) is -0.881. The molecule has 1 aliphatic heterocycles. The zero-order valence-electron chi connectivity index (χ0n) is 15.7. The van der Waals surface area contributed by atoms with Crippen molar-refractivity contribution in [2.75, 3.05) is 34.5 Å². The molecule has 26 heavy (non-hydrogen) atoms. The monoisotopic (exact) mass is 363 g/mol. The molecule has 1 aliphatic rings. The van der Waals surface area contributed by atoms with E-state index in [1.807, 2.05) is 0 Å². The van der Waals surface area contributed by atoms with Crippen LogP contribution < -0.4 is 9.47 Å². The number of Topliss-reactive ketones (excluding diaryl/α,β-unsaturated/α-hetero) is 1. The van der Waals surface area contributed by atoms with Crippen LogP contribution in [0.4, 0.5) is 0 Å². The minimum absolute atomic E-state index is 0.0765. The zero-order chi connectivity index (χ0) is 19.4. The van der Waals surface area contributed by atoms with Crippen LogP contribution in [0, 0.1) is 5.92 Å². The second-order valence-corrected chi connectivity index (χ2v) is 6.26. The van der Waals surface area contributed by atoms with Crippen LogP contribution in [0.3, 0.4) is 0 Å². The average Bonchev–Trinajstić information content (AvgIpc) is 2.89. The van der Waals surface area contributed by atoms with Gasteiger partial charge in [0.2, 0.25) is 0 Å². The number of methoxy groups -OCH3 is 3. The predicted molar refractivity (Wildman–Crippen MR) is 95.4 cm³/mol. The zero-order valence-corrected chi connectivity index (χ0v) is 15.7. The van der Waals surface area contributed by atoms with Crippen molar-refractivity contribution in [2.45, 2.75) is 19.9 Å². The van der Waals surface area contributed by atoms with Crippen LogP contribution in [0.1, 0.15) is 25.5 Å². The average molecular weight is 363 g/mol. The molecule has 0 radical (unpaired) electrons.